The third kappa shape index (κ3) is 4.02. The second-order valence-electron chi connectivity index (χ2n) is 5.06. The van der Waals surface area contributed by atoms with Gasteiger partial charge in [0.2, 0.25) is 5.91 Å². The first-order valence-corrected chi connectivity index (χ1v) is 6.58. The highest BCUT2D eigenvalue weighted by molar-refractivity contribution is 5.89. The number of nitrogens with one attached hydrogen (secondary N) is 1. The summed E-state index contributed by atoms with van der Waals surface area (Å²) in [6, 6.07) is 0. The molecule has 0 bridgehead atoms. The molecule has 0 spiro atoms. The van der Waals surface area contributed by atoms with E-state index >= 15 is 0 Å². The predicted molar refractivity (Wildman–Crippen MR) is 65.7 cm³/mol. The van der Waals surface area contributed by atoms with Gasteiger partial charge in [-0.1, -0.05) is 33.1 Å². The molecular weight excluding hydrogens is 218 g/mol. The van der Waals surface area contributed by atoms with E-state index in [0.717, 1.165) is 25.7 Å². The highest BCUT2D eigenvalue weighted by Gasteiger charge is 2.51. The molecule has 4 nitrogen and oxygen atoms in total. The topological polar surface area (TPSA) is 66.4 Å². The summed E-state index contributed by atoms with van der Waals surface area (Å²) in [5.41, 5.74) is -0.930. The predicted octanol–water partition coefficient (Wildman–Crippen LogP) is 2.33. The van der Waals surface area contributed by atoms with E-state index in [2.05, 4.69) is 19.2 Å². The number of hydrogen-bond acceptors (Lipinski definition) is 2. The van der Waals surface area contributed by atoms with E-state index in [1.54, 1.807) is 0 Å². The largest absolute Gasteiger partial charge is 0.480 e. The number of carbonyl (C=O) groups excluding carboxylic acids is 1. The Kier molecular flexibility index (Phi) is 4.97. The van der Waals surface area contributed by atoms with Crippen LogP contribution in [0.5, 0.6) is 0 Å². The van der Waals surface area contributed by atoms with Gasteiger partial charge in [0.1, 0.15) is 5.54 Å². The summed E-state index contributed by atoms with van der Waals surface area (Å²) in [6.07, 6.45) is 5.91. The Morgan fingerprint density at radius 2 is 2.00 bits per heavy atom. The van der Waals surface area contributed by atoms with Crippen molar-refractivity contribution in [1.29, 1.82) is 0 Å². The van der Waals surface area contributed by atoms with Crippen LogP contribution in [-0.4, -0.2) is 22.5 Å². The molecule has 1 atom stereocenters. The Morgan fingerprint density at radius 1 is 1.35 bits per heavy atom. The molecule has 0 aromatic rings. The van der Waals surface area contributed by atoms with E-state index < -0.39 is 11.5 Å². The minimum absolute atomic E-state index is 0.104. The quantitative estimate of drug-likeness (QED) is 0.685. The maximum absolute atomic E-state index is 11.8. The van der Waals surface area contributed by atoms with Gasteiger partial charge in [-0.2, -0.15) is 0 Å². The molecule has 1 fully saturated rings. The Bertz CT molecular complexity index is 284. The lowest BCUT2D eigenvalue weighted by atomic mass is 9.95. The molecule has 98 valence electrons. The summed E-state index contributed by atoms with van der Waals surface area (Å²) >= 11 is 0. The normalized spacial score (nSPS) is 18.5. The summed E-state index contributed by atoms with van der Waals surface area (Å²) in [6.45, 7) is 4.22. The molecule has 1 unspecified atom stereocenters. The molecule has 17 heavy (non-hydrogen) atoms. The second-order valence-corrected chi connectivity index (χ2v) is 5.06. The molecule has 1 amide bonds. The van der Waals surface area contributed by atoms with E-state index in [1.807, 2.05) is 0 Å². The Morgan fingerprint density at radius 3 is 2.41 bits per heavy atom. The van der Waals surface area contributed by atoms with Crippen LogP contribution in [0.4, 0.5) is 0 Å². The van der Waals surface area contributed by atoms with Crippen molar-refractivity contribution in [3.63, 3.8) is 0 Å². The number of hydrogen-bond donors (Lipinski definition) is 2. The third-order valence-corrected chi connectivity index (χ3v) is 3.56. The van der Waals surface area contributed by atoms with Crippen molar-refractivity contribution in [2.24, 2.45) is 5.92 Å². The minimum Gasteiger partial charge on any atom is -0.480 e. The van der Waals surface area contributed by atoms with E-state index in [4.69, 9.17) is 5.11 Å². The van der Waals surface area contributed by atoms with Gasteiger partial charge in [0, 0.05) is 6.42 Å². The van der Waals surface area contributed by atoms with Crippen LogP contribution in [0.2, 0.25) is 0 Å². The average molecular weight is 241 g/mol. The van der Waals surface area contributed by atoms with Gasteiger partial charge in [0.05, 0.1) is 0 Å². The van der Waals surface area contributed by atoms with Crippen LogP contribution in [0, 0.1) is 5.92 Å². The Hall–Kier alpha value is -1.06. The SMILES string of the molecule is CCCCC(CC)CC(=O)NC1(C(=O)O)CC1. The molecule has 0 aromatic carbocycles. The zero-order valence-corrected chi connectivity index (χ0v) is 10.8. The lowest BCUT2D eigenvalue weighted by Crippen LogP contribution is -2.43. The molecule has 0 aromatic heterocycles. The fraction of sp³-hybridized carbons (Fsp3) is 0.846. The summed E-state index contributed by atoms with van der Waals surface area (Å²) in [4.78, 5) is 22.7. The highest BCUT2D eigenvalue weighted by atomic mass is 16.4. The van der Waals surface area contributed by atoms with Gasteiger partial charge in [0.25, 0.3) is 0 Å². The van der Waals surface area contributed by atoms with Crippen molar-refractivity contribution >= 4 is 11.9 Å². The second kappa shape index (κ2) is 6.03. The van der Waals surface area contributed by atoms with Gasteiger partial charge >= 0.3 is 5.97 Å². The number of carboxylic acids is 1. The Labute approximate surface area is 103 Å². The Balaban J connectivity index is 2.35. The van der Waals surface area contributed by atoms with Crippen LogP contribution >= 0.6 is 0 Å². The summed E-state index contributed by atoms with van der Waals surface area (Å²) < 4.78 is 0. The minimum atomic E-state index is -0.930. The fourth-order valence-electron chi connectivity index (χ4n) is 2.04. The summed E-state index contributed by atoms with van der Waals surface area (Å²) in [5.74, 6) is -0.611. The van der Waals surface area contributed by atoms with Crippen molar-refractivity contribution in [2.45, 2.75) is 64.3 Å². The number of rotatable bonds is 8. The molecule has 2 N–H and O–H groups in total. The average Bonchev–Trinajstić information content (AvgIpc) is 3.05. The standard InChI is InChI=1S/C13H23NO3/c1-3-5-6-10(4-2)9-11(15)14-13(7-8-13)12(16)17/h10H,3-9H2,1-2H3,(H,14,15)(H,16,17). The smallest absolute Gasteiger partial charge is 0.329 e. The number of unbranched alkanes of at least 4 members (excludes halogenated alkanes) is 1. The van der Waals surface area contributed by atoms with Gasteiger partial charge in [0.15, 0.2) is 0 Å². The molecule has 1 saturated carbocycles. The molecule has 0 saturated heterocycles. The molecule has 1 aliphatic carbocycles. The molecule has 1 rings (SSSR count). The van der Waals surface area contributed by atoms with Crippen molar-refractivity contribution in [3.05, 3.63) is 0 Å². The van der Waals surface area contributed by atoms with Crippen LogP contribution in [0.25, 0.3) is 0 Å². The maximum Gasteiger partial charge on any atom is 0.329 e. The van der Waals surface area contributed by atoms with Gasteiger partial charge in [-0.3, -0.25) is 4.79 Å². The van der Waals surface area contributed by atoms with Gasteiger partial charge in [-0.05, 0) is 25.2 Å². The van der Waals surface area contributed by atoms with Crippen molar-refractivity contribution < 1.29 is 14.7 Å². The molecule has 0 heterocycles. The first-order chi connectivity index (χ1) is 8.04. The number of aliphatic carboxylic acids is 1. The maximum atomic E-state index is 11.8. The highest BCUT2D eigenvalue weighted by Crippen LogP contribution is 2.35. The molecule has 0 radical (unpaired) electrons. The first kappa shape index (κ1) is 14.0. The molecular formula is C13H23NO3. The van der Waals surface area contributed by atoms with Crippen LogP contribution in [0.15, 0.2) is 0 Å². The van der Waals surface area contributed by atoms with Crippen molar-refractivity contribution in [3.8, 4) is 0 Å². The van der Waals surface area contributed by atoms with Crippen LogP contribution in [0.1, 0.15) is 58.8 Å². The van der Waals surface area contributed by atoms with E-state index in [0.29, 0.717) is 25.2 Å². The molecule has 1 aliphatic rings. The lowest BCUT2D eigenvalue weighted by Gasteiger charge is -2.17. The van der Waals surface area contributed by atoms with Gasteiger partial charge in [-0.15, -0.1) is 0 Å². The van der Waals surface area contributed by atoms with Crippen molar-refractivity contribution in [2.75, 3.05) is 0 Å². The number of amides is 1. The zero-order chi connectivity index (χ0) is 12.9. The van der Waals surface area contributed by atoms with Crippen molar-refractivity contribution in [1.82, 2.24) is 5.32 Å². The van der Waals surface area contributed by atoms with Crippen LogP contribution < -0.4 is 5.32 Å². The van der Waals surface area contributed by atoms with Gasteiger partial charge < -0.3 is 10.4 Å². The fourth-order valence-corrected chi connectivity index (χ4v) is 2.04. The molecule has 4 heteroatoms. The zero-order valence-electron chi connectivity index (χ0n) is 10.8. The summed E-state index contributed by atoms with van der Waals surface area (Å²) in [5, 5.41) is 11.6. The van der Waals surface area contributed by atoms with Crippen LogP contribution in [0.3, 0.4) is 0 Å². The van der Waals surface area contributed by atoms with E-state index in [-0.39, 0.29) is 5.91 Å². The number of carboxylic acid groups (broad SMARTS) is 1. The monoisotopic (exact) mass is 241 g/mol. The van der Waals surface area contributed by atoms with E-state index in [9.17, 15) is 9.59 Å². The first-order valence-electron chi connectivity index (χ1n) is 6.58. The van der Waals surface area contributed by atoms with E-state index in [1.165, 1.54) is 0 Å². The van der Waals surface area contributed by atoms with Gasteiger partial charge in [-0.25, -0.2) is 4.79 Å². The lowest BCUT2D eigenvalue weighted by molar-refractivity contribution is -0.143. The number of carbonyl (C=O) groups is 2. The molecule has 0 aliphatic heterocycles. The van der Waals surface area contributed by atoms with Crippen LogP contribution in [-0.2, 0) is 9.59 Å². The third-order valence-electron chi connectivity index (χ3n) is 3.56. The summed E-state index contributed by atoms with van der Waals surface area (Å²) in [7, 11) is 0.